The number of rotatable bonds is 3. The fourth-order valence-corrected chi connectivity index (χ4v) is 4.08. The molecule has 2 heteroatoms. The maximum atomic E-state index is 12.4. The lowest BCUT2D eigenvalue weighted by Crippen LogP contribution is -2.43. The maximum absolute atomic E-state index is 12.4. The molecule has 114 valence electrons. The molecule has 1 aliphatic heterocycles. The fourth-order valence-electron chi connectivity index (χ4n) is 4.08. The molecule has 0 aromatic heterocycles. The minimum atomic E-state index is 0.306. The Morgan fingerprint density at radius 2 is 1.76 bits per heavy atom. The Morgan fingerprint density at radius 3 is 2.57 bits per heavy atom. The first-order chi connectivity index (χ1) is 10.3. The standard InChI is InChI=1S/C19H27NO/c21-19-13-7-6-11-17(19)18-12-5-2-8-14-20(18)15-16-9-3-1-4-10-16/h1,3-4,9-10,17-18H,2,5-8,11-15H2. The first-order valence-corrected chi connectivity index (χ1v) is 8.65. The minimum absolute atomic E-state index is 0.306. The van der Waals surface area contributed by atoms with Gasteiger partial charge in [-0.2, -0.15) is 0 Å². The SMILES string of the molecule is O=C1CCCCC1C1CCCCCN1Cc1ccccc1. The smallest absolute Gasteiger partial charge is 0.137 e. The summed E-state index contributed by atoms with van der Waals surface area (Å²) in [7, 11) is 0. The van der Waals surface area contributed by atoms with Crippen LogP contribution in [-0.4, -0.2) is 23.3 Å². The number of ketones is 1. The summed E-state index contributed by atoms with van der Waals surface area (Å²) in [5, 5.41) is 0. The predicted molar refractivity (Wildman–Crippen MR) is 86.1 cm³/mol. The first-order valence-electron chi connectivity index (χ1n) is 8.65. The average molecular weight is 285 g/mol. The minimum Gasteiger partial charge on any atom is -0.299 e. The maximum Gasteiger partial charge on any atom is 0.137 e. The molecule has 0 spiro atoms. The number of carbonyl (C=O) groups is 1. The Morgan fingerprint density at radius 1 is 0.952 bits per heavy atom. The summed E-state index contributed by atoms with van der Waals surface area (Å²) in [4.78, 5) is 15.0. The van der Waals surface area contributed by atoms with Gasteiger partial charge in [0.25, 0.3) is 0 Å². The van der Waals surface area contributed by atoms with Crippen LogP contribution in [0.5, 0.6) is 0 Å². The van der Waals surface area contributed by atoms with E-state index in [1.54, 1.807) is 0 Å². The van der Waals surface area contributed by atoms with E-state index in [1.165, 1.54) is 37.7 Å². The predicted octanol–water partition coefficient (Wildman–Crippen LogP) is 4.19. The average Bonchev–Trinajstić information content (AvgIpc) is 2.74. The molecule has 2 unspecified atom stereocenters. The van der Waals surface area contributed by atoms with Crippen molar-refractivity contribution in [3.63, 3.8) is 0 Å². The number of hydrogen-bond donors (Lipinski definition) is 0. The van der Waals surface area contributed by atoms with E-state index in [1.807, 2.05) is 0 Å². The second-order valence-electron chi connectivity index (χ2n) is 6.69. The molecule has 0 bridgehead atoms. The van der Waals surface area contributed by atoms with Crippen molar-refractivity contribution in [3.8, 4) is 0 Å². The molecule has 2 aliphatic rings. The van der Waals surface area contributed by atoms with Gasteiger partial charge in [0.05, 0.1) is 0 Å². The van der Waals surface area contributed by atoms with Gasteiger partial charge in [0, 0.05) is 24.9 Å². The lowest BCUT2D eigenvalue weighted by Gasteiger charge is -2.37. The normalized spacial score (nSPS) is 28.3. The van der Waals surface area contributed by atoms with Gasteiger partial charge in [-0.15, -0.1) is 0 Å². The highest BCUT2D eigenvalue weighted by atomic mass is 16.1. The van der Waals surface area contributed by atoms with Crippen LogP contribution in [0.3, 0.4) is 0 Å². The number of hydrogen-bond acceptors (Lipinski definition) is 2. The summed E-state index contributed by atoms with van der Waals surface area (Å²) in [6, 6.07) is 11.2. The third kappa shape index (κ3) is 3.74. The molecule has 1 saturated carbocycles. The number of likely N-dealkylation sites (tertiary alicyclic amines) is 1. The lowest BCUT2D eigenvalue weighted by molar-refractivity contribution is -0.127. The van der Waals surface area contributed by atoms with Gasteiger partial charge in [-0.25, -0.2) is 0 Å². The molecule has 0 N–H and O–H groups in total. The van der Waals surface area contributed by atoms with E-state index in [-0.39, 0.29) is 0 Å². The second kappa shape index (κ2) is 7.22. The van der Waals surface area contributed by atoms with Crippen molar-refractivity contribution < 1.29 is 4.79 Å². The van der Waals surface area contributed by atoms with Gasteiger partial charge < -0.3 is 0 Å². The Hall–Kier alpha value is -1.15. The third-order valence-electron chi connectivity index (χ3n) is 5.21. The highest BCUT2D eigenvalue weighted by Crippen LogP contribution is 2.32. The first kappa shape index (κ1) is 14.8. The highest BCUT2D eigenvalue weighted by molar-refractivity contribution is 5.82. The largest absolute Gasteiger partial charge is 0.299 e. The van der Waals surface area contributed by atoms with Gasteiger partial charge in [0.2, 0.25) is 0 Å². The van der Waals surface area contributed by atoms with Gasteiger partial charge in [-0.1, -0.05) is 49.6 Å². The van der Waals surface area contributed by atoms with Crippen molar-refractivity contribution in [3.05, 3.63) is 35.9 Å². The van der Waals surface area contributed by atoms with Gasteiger partial charge in [-0.05, 0) is 37.8 Å². The Kier molecular flexibility index (Phi) is 5.08. The van der Waals surface area contributed by atoms with E-state index in [2.05, 4.69) is 35.2 Å². The van der Waals surface area contributed by atoms with E-state index >= 15 is 0 Å². The van der Waals surface area contributed by atoms with Crippen molar-refractivity contribution in [1.82, 2.24) is 4.90 Å². The topological polar surface area (TPSA) is 20.3 Å². The van der Waals surface area contributed by atoms with Gasteiger partial charge in [0.1, 0.15) is 5.78 Å². The van der Waals surface area contributed by atoms with Crippen LogP contribution < -0.4 is 0 Å². The van der Waals surface area contributed by atoms with E-state index < -0.39 is 0 Å². The third-order valence-corrected chi connectivity index (χ3v) is 5.21. The number of benzene rings is 1. The Labute approximate surface area is 128 Å². The van der Waals surface area contributed by atoms with E-state index in [4.69, 9.17) is 0 Å². The van der Waals surface area contributed by atoms with Gasteiger partial charge >= 0.3 is 0 Å². The summed E-state index contributed by atoms with van der Waals surface area (Å²) in [5.74, 6) is 0.840. The van der Waals surface area contributed by atoms with Crippen molar-refractivity contribution in [2.45, 2.75) is 64.0 Å². The number of Topliss-reactive ketones (excluding diaryl/α,β-unsaturated/α-hetero) is 1. The zero-order valence-electron chi connectivity index (χ0n) is 13.0. The van der Waals surface area contributed by atoms with Crippen LogP contribution >= 0.6 is 0 Å². The van der Waals surface area contributed by atoms with Crippen LogP contribution in [0.2, 0.25) is 0 Å². The summed E-state index contributed by atoms with van der Waals surface area (Å²) >= 11 is 0. The molecule has 3 rings (SSSR count). The summed E-state index contributed by atoms with van der Waals surface area (Å²) in [6.07, 6.45) is 9.40. The lowest BCUT2D eigenvalue weighted by atomic mass is 9.80. The molecule has 0 radical (unpaired) electrons. The molecule has 1 aliphatic carbocycles. The van der Waals surface area contributed by atoms with Crippen molar-refractivity contribution in [2.75, 3.05) is 6.54 Å². The van der Waals surface area contributed by atoms with Crippen LogP contribution in [0.1, 0.15) is 56.9 Å². The van der Waals surface area contributed by atoms with Crippen LogP contribution in [0.25, 0.3) is 0 Å². The molecular formula is C19H27NO. The van der Waals surface area contributed by atoms with E-state index in [0.29, 0.717) is 17.7 Å². The fraction of sp³-hybridized carbons (Fsp3) is 0.632. The molecule has 2 fully saturated rings. The van der Waals surface area contributed by atoms with E-state index in [0.717, 1.165) is 32.4 Å². The molecule has 2 nitrogen and oxygen atoms in total. The molecule has 0 amide bonds. The summed E-state index contributed by atoms with van der Waals surface area (Å²) < 4.78 is 0. The van der Waals surface area contributed by atoms with Crippen molar-refractivity contribution >= 4 is 5.78 Å². The number of nitrogens with zero attached hydrogens (tertiary/aromatic N) is 1. The van der Waals surface area contributed by atoms with Crippen LogP contribution in [-0.2, 0) is 11.3 Å². The molecular weight excluding hydrogens is 258 g/mol. The Bertz CT molecular complexity index is 456. The summed E-state index contributed by atoms with van der Waals surface area (Å²) in [5.41, 5.74) is 1.38. The molecule has 2 atom stereocenters. The zero-order valence-corrected chi connectivity index (χ0v) is 13.0. The second-order valence-corrected chi connectivity index (χ2v) is 6.69. The molecule has 1 aromatic rings. The quantitative estimate of drug-likeness (QED) is 0.830. The monoisotopic (exact) mass is 285 g/mol. The molecule has 21 heavy (non-hydrogen) atoms. The summed E-state index contributed by atoms with van der Waals surface area (Å²) in [6.45, 7) is 2.17. The molecule has 1 aromatic carbocycles. The number of carbonyl (C=O) groups excluding carboxylic acids is 1. The Balaban J connectivity index is 1.75. The van der Waals surface area contributed by atoms with Crippen molar-refractivity contribution in [2.24, 2.45) is 5.92 Å². The van der Waals surface area contributed by atoms with Crippen molar-refractivity contribution in [1.29, 1.82) is 0 Å². The van der Waals surface area contributed by atoms with Crippen LogP contribution in [0, 0.1) is 5.92 Å². The zero-order chi connectivity index (χ0) is 14.5. The van der Waals surface area contributed by atoms with Crippen LogP contribution in [0.4, 0.5) is 0 Å². The van der Waals surface area contributed by atoms with Gasteiger partial charge in [-0.3, -0.25) is 9.69 Å². The van der Waals surface area contributed by atoms with Gasteiger partial charge in [0.15, 0.2) is 0 Å². The van der Waals surface area contributed by atoms with Crippen LogP contribution in [0.15, 0.2) is 30.3 Å². The highest BCUT2D eigenvalue weighted by Gasteiger charge is 2.34. The molecule has 1 saturated heterocycles. The van der Waals surface area contributed by atoms with E-state index in [9.17, 15) is 4.79 Å². The molecule has 1 heterocycles.